The lowest BCUT2D eigenvalue weighted by atomic mass is 10.1. The van der Waals surface area contributed by atoms with Gasteiger partial charge in [-0.2, -0.15) is 0 Å². The number of aryl methyl sites for hydroxylation is 1. The molecule has 0 fully saturated rings. The maximum Gasteiger partial charge on any atom is 0.193 e. The molecule has 0 heterocycles. The molecule has 5 nitrogen and oxygen atoms in total. The van der Waals surface area contributed by atoms with Gasteiger partial charge in [-0.1, -0.05) is 30.3 Å². The van der Waals surface area contributed by atoms with E-state index in [9.17, 15) is 0 Å². The second-order valence-electron chi connectivity index (χ2n) is 6.10. The monoisotopic (exact) mass is 483 g/mol. The third-order valence-corrected chi connectivity index (χ3v) is 4.23. The summed E-state index contributed by atoms with van der Waals surface area (Å²) in [4.78, 5) is 6.48. The summed E-state index contributed by atoms with van der Waals surface area (Å²) in [6.45, 7) is 1.60. The highest BCUT2D eigenvalue weighted by Crippen LogP contribution is 2.18. The van der Waals surface area contributed by atoms with Crippen LogP contribution in [0.4, 0.5) is 0 Å². The average Bonchev–Trinajstić information content (AvgIpc) is 2.68. The van der Waals surface area contributed by atoms with Crippen LogP contribution >= 0.6 is 24.0 Å². The number of hydrogen-bond donors (Lipinski definition) is 1. The molecule has 0 radical (unpaired) electrons. The summed E-state index contributed by atoms with van der Waals surface area (Å²) in [5.74, 6) is 2.68. The molecule has 0 aliphatic heterocycles. The summed E-state index contributed by atoms with van der Waals surface area (Å²) in [5.41, 5.74) is 2.42. The van der Waals surface area contributed by atoms with Crippen LogP contribution in [0.3, 0.4) is 0 Å². The average molecular weight is 483 g/mol. The lowest BCUT2D eigenvalue weighted by Crippen LogP contribution is -2.39. The van der Waals surface area contributed by atoms with E-state index in [0.29, 0.717) is 0 Å². The van der Waals surface area contributed by atoms with E-state index in [-0.39, 0.29) is 24.0 Å². The highest BCUT2D eigenvalue weighted by molar-refractivity contribution is 14.0. The quantitative estimate of drug-likeness (QED) is 0.267. The van der Waals surface area contributed by atoms with Crippen molar-refractivity contribution in [3.05, 3.63) is 59.7 Å². The Kier molecular flexibility index (Phi) is 10.6. The van der Waals surface area contributed by atoms with E-state index < -0.39 is 0 Å². The van der Waals surface area contributed by atoms with Crippen LogP contribution in [0.1, 0.15) is 17.5 Å². The SMILES string of the molecule is CN=C(NCCCc1cccc(OC)c1)N(C)Cc1ccccc1OC.I. The molecule has 0 saturated heterocycles. The number of hydrogen-bond acceptors (Lipinski definition) is 3. The van der Waals surface area contributed by atoms with Gasteiger partial charge in [0.1, 0.15) is 11.5 Å². The largest absolute Gasteiger partial charge is 0.497 e. The van der Waals surface area contributed by atoms with Crippen LogP contribution in [0.2, 0.25) is 0 Å². The number of rotatable bonds is 8. The van der Waals surface area contributed by atoms with Gasteiger partial charge in [0.2, 0.25) is 0 Å². The number of benzene rings is 2. The van der Waals surface area contributed by atoms with Crippen molar-refractivity contribution in [1.82, 2.24) is 10.2 Å². The molecule has 2 aromatic rings. The predicted octanol–water partition coefficient (Wildman–Crippen LogP) is 3.96. The molecule has 1 N–H and O–H groups in total. The normalized spacial score (nSPS) is 10.7. The van der Waals surface area contributed by atoms with Crippen LogP contribution in [-0.4, -0.2) is 45.7 Å². The van der Waals surface area contributed by atoms with E-state index in [1.807, 2.05) is 44.4 Å². The Morgan fingerprint density at radius 1 is 1.07 bits per heavy atom. The van der Waals surface area contributed by atoms with Crippen LogP contribution in [0.15, 0.2) is 53.5 Å². The van der Waals surface area contributed by atoms with Crippen molar-refractivity contribution >= 4 is 29.9 Å². The molecule has 0 saturated carbocycles. The van der Waals surface area contributed by atoms with Crippen LogP contribution in [0.5, 0.6) is 11.5 Å². The van der Waals surface area contributed by atoms with E-state index in [0.717, 1.165) is 49.0 Å². The van der Waals surface area contributed by atoms with E-state index >= 15 is 0 Å². The van der Waals surface area contributed by atoms with Gasteiger partial charge in [0.15, 0.2) is 5.96 Å². The molecule has 2 rings (SSSR count). The molecule has 0 aromatic heterocycles. The van der Waals surface area contributed by atoms with Crippen LogP contribution in [0, 0.1) is 0 Å². The highest BCUT2D eigenvalue weighted by atomic mass is 127. The number of para-hydroxylation sites is 1. The van der Waals surface area contributed by atoms with Gasteiger partial charge >= 0.3 is 0 Å². The summed E-state index contributed by atoms with van der Waals surface area (Å²) < 4.78 is 10.7. The van der Waals surface area contributed by atoms with Crippen molar-refractivity contribution in [2.45, 2.75) is 19.4 Å². The van der Waals surface area contributed by atoms with Crippen molar-refractivity contribution in [3.63, 3.8) is 0 Å². The number of ether oxygens (including phenoxy) is 2. The number of nitrogens with one attached hydrogen (secondary N) is 1. The minimum absolute atomic E-state index is 0. The first-order chi connectivity index (χ1) is 12.7. The number of methoxy groups -OCH3 is 2. The van der Waals surface area contributed by atoms with Crippen LogP contribution in [-0.2, 0) is 13.0 Å². The molecule has 0 aliphatic rings. The summed E-state index contributed by atoms with van der Waals surface area (Å²) in [6.07, 6.45) is 2.02. The zero-order valence-corrected chi connectivity index (χ0v) is 18.9. The Hall–Kier alpha value is -1.96. The molecule has 0 spiro atoms. The molecular weight excluding hydrogens is 453 g/mol. The van der Waals surface area contributed by atoms with Gasteiger partial charge in [-0.25, -0.2) is 0 Å². The standard InChI is InChI=1S/C21H29N3O2.HI/c1-22-21(24(2)16-18-11-5-6-13-20(18)26-4)23-14-8-10-17-9-7-12-19(15-17)25-3;/h5-7,9,11-13,15H,8,10,14,16H2,1-4H3,(H,22,23);1H. The van der Waals surface area contributed by atoms with E-state index in [2.05, 4.69) is 33.4 Å². The van der Waals surface area contributed by atoms with Gasteiger partial charge in [0.25, 0.3) is 0 Å². The van der Waals surface area contributed by atoms with Crippen molar-refractivity contribution in [2.24, 2.45) is 4.99 Å². The first kappa shape index (κ1) is 23.1. The maximum absolute atomic E-state index is 5.43. The molecule has 0 unspecified atom stereocenters. The van der Waals surface area contributed by atoms with Crippen molar-refractivity contribution in [2.75, 3.05) is 34.9 Å². The molecule has 0 atom stereocenters. The molecule has 2 aromatic carbocycles. The third kappa shape index (κ3) is 7.28. The smallest absolute Gasteiger partial charge is 0.193 e. The van der Waals surface area contributed by atoms with Gasteiger partial charge in [-0.05, 0) is 36.6 Å². The molecule has 148 valence electrons. The van der Waals surface area contributed by atoms with Gasteiger partial charge in [0.05, 0.1) is 14.2 Å². The molecule has 0 bridgehead atoms. The Morgan fingerprint density at radius 2 is 1.85 bits per heavy atom. The zero-order chi connectivity index (χ0) is 18.8. The van der Waals surface area contributed by atoms with Crippen LogP contribution in [0.25, 0.3) is 0 Å². The summed E-state index contributed by atoms with van der Waals surface area (Å²) in [5, 5.41) is 3.43. The zero-order valence-electron chi connectivity index (χ0n) is 16.6. The fourth-order valence-corrected chi connectivity index (χ4v) is 2.87. The number of halogens is 1. The lowest BCUT2D eigenvalue weighted by Gasteiger charge is -2.23. The Morgan fingerprint density at radius 3 is 2.56 bits per heavy atom. The van der Waals surface area contributed by atoms with E-state index in [1.165, 1.54) is 5.56 Å². The fourth-order valence-electron chi connectivity index (χ4n) is 2.87. The second kappa shape index (κ2) is 12.4. The summed E-state index contributed by atoms with van der Waals surface area (Å²) >= 11 is 0. The van der Waals surface area contributed by atoms with Gasteiger partial charge in [-0.15, -0.1) is 24.0 Å². The van der Waals surface area contributed by atoms with E-state index in [4.69, 9.17) is 9.47 Å². The summed E-state index contributed by atoms with van der Waals surface area (Å²) in [6, 6.07) is 16.3. The number of aliphatic imine (C=N–C) groups is 1. The first-order valence-corrected chi connectivity index (χ1v) is 8.84. The number of guanidine groups is 1. The topological polar surface area (TPSA) is 46.1 Å². The maximum atomic E-state index is 5.43. The van der Waals surface area contributed by atoms with Crippen molar-refractivity contribution in [1.29, 1.82) is 0 Å². The van der Waals surface area contributed by atoms with E-state index in [1.54, 1.807) is 14.2 Å². The highest BCUT2D eigenvalue weighted by Gasteiger charge is 2.09. The Balaban J connectivity index is 0.00000364. The predicted molar refractivity (Wildman–Crippen MR) is 123 cm³/mol. The Bertz CT molecular complexity index is 722. The Labute approximate surface area is 179 Å². The minimum atomic E-state index is 0. The molecule has 0 aliphatic carbocycles. The molecule has 27 heavy (non-hydrogen) atoms. The van der Waals surface area contributed by atoms with Gasteiger partial charge < -0.3 is 19.7 Å². The number of nitrogens with zero attached hydrogens (tertiary/aromatic N) is 2. The molecular formula is C21H30IN3O2. The minimum Gasteiger partial charge on any atom is -0.497 e. The summed E-state index contributed by atoms with van der Waals surface area (Å²) in [7, 11) is 7.24. The fraction of sp³-hybridized carbons (Fsp3) is 0.381. The molecule has 6 heteroatoms. The van der Waals surface area contributed by atoms with Crippen molar-refractivity contribution < 1.29 is 9.47 Å². The first-order valence-electron chi connectivity index (χ1n) is 8.84. The lowest BCUT2D eigenvalue weighted by molar-refractivity contribution is 0.396. The molecule has 0 amide bonds. The second-order valence-corrected chi connectivity index (χ2v) is 6.10. The van der Waals surface area contributed by atoms with Crippen molar-refractivity contribution in [3.8, 4) is 11.5 Å². The van der Waals surface area contributed by atoms with Gasteiger partial charge in [0, 0.05) is 32.7 Å². The third-order valence-electron chi connectivity index (χ3n) is 4.23. The van der Waals surface area contributed by atoms with Crippen LogP contribution < -0.4 is 14.8 Å². The van der Waals surface area contributed by atoms with Gasteiger partial charge in [-0.3, -0.25) is 4.99 Å².